The summed E-state index contributed by atoms with van der Waals surface area (Å²) in [6.45, 7) is 18.0. The van der Waals surface area contributed by atoms with E-state index in [2.05, 4.69) is 60.7 Å². The SMILES string of the molecule is CC1=CC(C)([Si](C)(C)OC(C)C)C(C)=C1C. The van der Waals surface area contributed by atoms with E-state index in [1.54, 1.807) is 0 Å². The second kappa shape index (κ2) is 4.15. The van der Waals surface area contributed by atoms with E-state index < -0.39 is 8.32 Å². The highest BCUT2D eigenvalue weighted by molar-refractivity contribution is 6.75. The summed E-state index contributed by atoms with van der Waals surface area (Å²) in [4.78, 5) is 0. The maximum Gasteiger partial charge on any atom is 0.200 e. The topological polar surface area (TPSA) is 9.23 Å². The maximum atomic E-state index is 6.25. The van der Waals surface area contributed by atoms with Gasteiger partial charge in [0.1, 0.15) is 0 Å². The van der Waals surface area contributed by atoms with Gasteiger partial charge in [-0.05, 0) is 53.3 Å². The summed E-state index contributed by atoms with van der Waals surface area (Å²) < 4.78 is 6.25. The van der Waals surface area contributed by atoms with Gasteiger partial charge in [-0.2, -0.15) is 0 Å². The average molecular weight is 238 g/mol. The lowest BCUT2D eigenvalue weighted by Gasteiger charge is -2.41. The van der Waals surface area contributed by atoms with E-state index in [0.29, 0.717) is 6.10 Å². The van der Waals surface area contributed by atoms with Crippen molar-refractivity contribution in [3.8, 4) is 0 Å². The molecule has 1 unspecified atom stereocenters. The fourth-order valence-electron chi connectivity index (χ4n) is 2.67. The molecule has 2 heteroatoms. The van der Waals surface area contributed by atoms with E-state index in [1.807, 2.05) is 0 Å². The van der Waals surface area contributed by atoms with Crippen molar-refractivity contribution in [1.82, 2.24) is 0 Å². The number of hydrogen-bond acceptors (Lipinski definition) is 1. The van der Waals surface area contributed by atoms with Crippen molar-refractivity contribution in [2.24, 2.45) is 0 Å². The molecular formula is C14H26OSi. The van der Waals surface area contributed by atoms with Crippen LogP contribution in [0.3, 0.4) is 0 Å². The summed E-state index contributed by atoms with van der Waals surface area (Å²) in [5.74, 6) is 0. The molecule has 0 aromatic heterocycles. The van der Waals surface area contributed by atoms with Gasteiger partial charge >= 0.3 is 0 Å². The van der Waals surface area contributed by atoms with Gasteiger partial charge in [-0.3, -0.25) is 0 Å². The lowest BCUT2D eigenvalue weighted by molar-refractivity contribution is 0.223. The molecule has 92 valence electrons. The smallest absolute Gasteiger partial charge is 0.200 e. The molecule has 0 N–H and O–H groups in total. The van der Waals surface area contributed by atoms with Gasteiger partial charge in [-0.25, -0.2) is 0 Å². The molecule has 1 nitrogen and oxygen atoms in total. The lowest BCUT2D eigenvalue weighted by Crippen LogP contribution is -2.44. The Morgan fingerprint density at radius 2 is 1.69 bits per heavy atom. The van der Waals surface area contributed by atoms with E-state index >= 15 is 0 Å². The highest BCUT2D eigenvalue weighted by Gasteiger charge is 2.47. The zero-order chi connectivity index (χ0) is 12.7. The fourth-order valence-corrected chi connectivity index (χ4v) is 5.75. The molecule has 0 amide bonds. The number of rotatable bonds is 3. The Kier molecular flexibility index (Phi) is 3.56. The Labute approximate surface area is 102 Å². The molecule has 0 aliphatic heterocycles. The first kappa shape index (κ1) is 13.7. The summed E-state index contributed by atoms with van der Waals surface area (Å²) in [7, 11) is -1.74. The molecule has 0 heterocycles. The molecule has 1 atom stereocenters. The van der Waals surface area contributed by atoms with Crippen molar-refractivity contribution in [2.75, 3.05) is 0 Å². The molecular weight excluding hydrogens is 212 g/mol. The van der Waals surface area contributed by atoms with Crippen LogP contribution in [0.5, 0.6) is 0 Å². The van der Waals surface area contributed by atoms with Crippen LogP contribution in [-0.2, 0) is 4.43 Å². The van der Waals surface area contributed by atoms with Crippen LogP contribution in [0.2, 0.25) is 18.1 Å². The Morgan fingerprint density at radius 3 is 2.00 bits per heavy atom. The van der Waals surface area contributed by atoms with Crippen LogP contribution in [0.4, 0.5) is 0 Å². The van der Waals surface area contributed by atoms with Crippen molar-refractivity contribution in [2.45, 2.75) is 65.8 Å². The quantitative estimate of drug-likeness (QED) is 0.649. The van der Waals surface area contributed by atoms with E-state index in [1.165, 1.54) is 16.7 Å². The first-order valence-electron chi connectivity index (χ1n) is 6.17. The van der Waals surface area contributed by atoms with Gasteiger partial charge in [0.05, 0.1) is 0 Å². The molecule has 0 aromatic carbocycles. The first-order chi connectivity index (χ1) is 7.12. The lowest BCUT2D eigenvalue weighted by atomic mass is 10.0. The predicted molar refractivity (Wildman–Crippen MR) is 74.2 cm³/mol. The monoisotopic (exact) mass is 238 g/mol. The van der Waals surface area contributed by atoms with E-state index in [-0.39, 0.29) is 5.04 Å². The van der Waals surface area contributed by atoms with E-state index in [9.17, 15) is 0 Å². The Hall–Kier alpha value is -0.343. The van der Waals surface area contributed by atoms with E-state index in [0.717, 1.165) is 0 Å². The standard InChI is InChI=1S/C14H26OSi/c1-10(2)15-16(7,8)14(6)9-11(3)12(4)13(14)5/h9-10H,1-8H3. The van der Waals surface area contributed by atoms with Crippen molar-refractivity contribution >= 4 is 8.32 Å². The van der Waals surface area contributed by atoms with Gasteiger partial charge in [-0.15, -0.1) is 0 Å². The second-order valence-electron chi connectivity index (χ2n) is 5.96. The van der Waals surface area contributed by atoms with Crippen LogP contribution >= 0.6 is 0 Å². The molecule has 0 saturated carbocycles. The van der Waals surface area contributed by atoms with Crippen molar-refractivity contribution in [3.63, 3.8) is 0 Å². The van der Waals surface area contributed by atoms with Crippen molar-refractivity contribution in [1.29, 1.82) is 0 Å². The molecule has 0 fully saturated rings. The van der Waals surface area contributed by atoms with E-state index in [4.69, 9.17) is 4.43 Å². The third kappa shape index (κ3) is 2.05. The zero-order valence-electron chi connectivity index (χ0n) is 12.1. The summed E-state index contributed by atoms with van der Waals surface area (Å²) >= 11 is 0. The molecule has 0 aromatic rings. The summed E-state index contributed by atoms with van der Waals surface area (Å²) in [6, 6.07) is 0. The number of hydrogen-bond donors (Lipinski definition) is 0. The van der Waals surface area contributed by atoms with Gasteiger partial charge in [-0.1, -0.05) is 24.1 Å². The molecule has 0 saturated heterocycles. The van der Waals surface area contributed by atoms with Crippen LogP contribution in [0.1, 0.15) is 41.5 Å². The molecule has 0 bridgehead atoms. The minimum atomic E-state index is -1.74. The largest absolute Gasteiger partial charge is 0.414 e. The van der Waals surface area contributed by atoms with Crippen LogP contribution in [0.25, 0.3) is 0 Å². The van der Waals surface area contributed by atoms with Crippen molar-refractivity contribution < 1.29 is 4.43 Å². The zero-order valence-corrected chi connectivity index (χ0v) is 13.1. The van der Waals surface area contributed by atoms with Gasteiger partial charge < -0.3 is 4.43 Å². The Bertz CT molecular complexity index is 350. The second-order valence-corrected chi connectivity index (χ2v) is 10.3. The van der Waals surface area contributed by atoms with Crippen LogP contribution in [0, 0.1) is 0 Å². The predicted octanol–water partition coefficient (Wildman–Crippen LogP) is 4.67. The maximum absolute atomic E-state index is 6.25. The first-order valence-corrected chi connectivity index (χ1v) is 9.08. The summed E-state index contributed by atoms with van der Waals surface area (Å²) in [5.41, 5.74) is 4.38. The number of allylic oxidation sites excluding steroid dienone is 4. The van der Waals surface area contributed by atoms with Crippen LogP contribution < -0.4 is 0 Å². The minimum absolute atomic E-state index is 0.158. The molecule has 0 spiro atoms. The van der Waals surface area contributed by atoms with Gasteiger partial charge in [0.2, 0.25) is 8.32 Å². The highest BCUT2D eigenvalue weighted by Crippen LogP contribution is 2.53. The molecule has 0 radical (unpaired) electrons. The minimum Gasteiger partial charge on any atom is -0.414 e. The highest BCUT2D eigenvalue weighted by atomic mass is 28.4. The summed E-state index contributed by atoms with van der Waals surface area (Å²) in [5, 5.41) is 0.158. The molecule has 1 aliphatic rings. The third-order valence-electron chi connectivity index (χ3n) is 4.22. The van der Waals surface area contributed by atoms with Crippen molar-refractivity contribution in [3.05, 3.63) is 22.8 Å². The van der Waals surface area contributed by atoms with Gasteiger partial charge in [0.25, 0.3) is 0 Å². The van der Waals surface area contributed by atoms with Gasteiger partial charge in [0.15, 0.2) is 0 Å². The Morgan fingerprint density at radius 1 is 1.19 bits per heavy atom. The molecule has 16 heavy (non-hydrogen) atoms. The third-order valence-corrected chi connectivity index (χ3v) is 8.30. The van der Waals surface area contributed by atoms with Crippen LogP contribution in [-0.4, -0.2) is 14.4 Å². The average Bonchev–Trinajstić information content (AvgIpc) is 2.29. The van der Waals surface area contributed by atoms with Gasteiger partial charge in [0, 0.05) is 11.1 Å². The normalized spacial score (nSPS) is 26.7. The molecule has 1 aliphatic carbocycles. The molecule has 1 rings (SSSR count). The van der Waals surface area contributed by atoms with Crippen LogP contribution in [0.15, 0.2) is 22.8 Å². The Balaban J connectivity index is 3.14. The summed E-state index contributed by atoms with van der Waals surface area (Å²) in [6.07, 6.45) is 2.74. The fraction of sp³-hybridized carbons (Fsp3) is 0.714.